The van der Waals surface area contributed by atoms with Crippen LogP contribution in [0.2, 0.25) is 5.02 Å². The maximum absolute atomic E-state index is 6.23. The van der Waals surface area contributed by atoms with Gasteiger partial charge in [0.2, 0.25) is 0 Å². The molecule has 1 heterocycles. The van der Waals surface area contributed by atoms with Crippen LogP contribution in [0.5, 0.6) is 0 Å². The third-order valence-electron chi connectivity index (χ3n) is 2.39. The van der Waals surface area contributed by atoms with E-state index >= 15 is 0 Å². The van der Waals surface area contributed by atoms with E-state index in [1.165, 1.54) is 0 Å². The minimum absolute atomic E-state index is 0.115. The van der Waals surface area contributed by atoms with E-state index in [1.807, 2.05) is 29.0 Å². The Morgan fingerprint density at radius 2 is 2.00 bits per heavy atom. The first-order valence-corrected chi connectivity index (χ1v) is 7.67. The van der Waals surface area contributed by atoms with Gasteiger partial charge in [-0.1, -0.05) is 33.6 Å². The number of halogens is 3. The highest BCUT2D eigenvalue weighted by Crippen LogP contribution is 2.35. The molecule has 3 N–H and O–H groups in total. The van der Waals surface area contributed by atoms with Crippen molar-refractivity contribution in [2.45, 2.75) is 6.04 Å². The van der Waals surface area contributed by atoms with Crippen LogP contribution in [-0.2, 0) is 0 Å². The lowest BCUT2D eigenvalue weighted by molar-refractivity contribution is 0.637. The second-order valence-electron chi connectivity index (χ2n) is 3.44. The van der Waals surface area contributed by atoms with Crippen LogP contribution in [0.15, 0.2) is 37.9 Å². The highest BCUT2D eigenvalue weighted by Gasteiger charge is 2.18. The van der Waals surface area contributed by atoms with Gasteiger partial charge in [0.1, 0.15) is 0 Å². The lowest BCUT2D eigenvalue weighted by Gasteiger charge is -2.17. The van der Waals surface area contributed by atoms with Crippen LogP contribution in [0.3, 0.4) is 0 Å². The number of benzene rings is 1. The number of thiophene rings is 1. The zero-order valence-electron chi connectivity index (χ0n) is 8.58. The van der Waals surface area contributed by atoms with E-state index in [4.69, 9.17) is 17.4 Å². The van der Waals surface area contributed by atoms with Gasteiger partial charge in [-0.05, 0) is 44.6 Å². The molecular formula is C11H9Br2ClN2S. The quantitative estimate of drug-likeness (QED) is 0.593. The van der Waals surface area contributed by atoms with Crippen LogP contribution in [0.4, 0.5) is 0 Å². The molecule has 1 unspecified atom stereocenters. The summed E-state index contributed by atoms with van der Waals surface area (Å²) in [6, 6.07) is 5.66. The van der Waals surface area contributed by atoms with Gasteiger partial charge in [0.05, 0.1) is 6.04 Å². The first-order valence-electron chi connectivity index (χ1n) is 4.76. The summed E-state index contributed by atoms with van der Waals surface area (Å²) in [4.78, 5) is 0. The van der Waals surface area contributed by atoms with Crippen LogP contribution >= 0.6 is 54.8 Å². The monoisotopic (exact) mass is 394 g/mol. The fourth-order valence-corrected chi connectivity index (χ4v) is 3.91. The largest absolute Gasteiger partial charge is 0.271 e. The third kappa shape index (κ3) is 2.92. The predicted octanol–water partition coefficient (Wildman–Crippen LogP) is 4.48. The summed E-state index contributed by atoms with van der Waals surface area (Å²) in [5, 5.41) is 4.75. The number of hydrazine groups is 1. The summed E-state index contributed by atoms with van der Waals surface area (Å²) >= 11 is 14.7. The van der Waals surface area contributed by atoms with Crippen molar-refractivity contribution in [2.75, 3.05) is 0 Å². The molecule has 2 rings (SSSR count). The van der Waals surface area contributed by atoms with Gasteiger partial charge in [0.15, 0.2) is 0 Å². The molecule has 0 spiro atoms. The van der Waals surface area contributed by atoms with E-state index in [0.29, 0.717) is 5.02 Å². The molecule has 2 nitrogen and oxygen atoms in total. The molecule has 1 aromatic heterocycles. The Bertz CT molecular complexity index is 530. The smallest absolute Gasteiger partial charge is 0.0743 e. The minimum Gasteiger partial charge on any atom is -0.271 e. The third-order valence-corrected chi connectivity index (χ3v) is 4.97. The molecule has 1 aromatic carbocycles. The maximum Gasteiger partial charge on any atom is 0.0743 e. The Morgan fingerprint density at radius 3 is 2.53 bits per heavy atom. The molecule has 2 aromatic rings. The average Bonchev–Trinajstić information content (AvgIpc) is 2.69. The van der Waals surface area contributed by atoms with Gasteiger partial charge in [-0.3, -0.25) is 5.84 Å². The number of hydrogen-bond donors (Lipinski definition) is 2. The highest BCUT2D eigenvalue weighted by molar-refractivity contribution is 9.10. The SMILES string of the molecule is NNC(c1ccc(Br)cc1Cl)c1cscc1Br. The number of nitrogens with two attached hydrogens (primary N) is 1. The second kappa shape index (κ2) is 5.82. The first-order chi connectivity index (χ1) is 8.13. The summed E-state index contributed by atoms with van der Waals surface area (Å²) in [6.07, 6.45) is 0. The second-order valence-corrected chi connectivity index (χ2v) is 6.36. The lowest BCUT2D eigenvalue weighted by atomic mass is 10.0. The van der Waals surface area contributed by atoms with Gasteiger partial charge in [-0.2, -0.15) is 11.3 Å². The Kier molecular flexibility index (Phi) is 4.63. The zero-order valence-corrected chi connectivity index (χ0v) is 13.3. The van der Waals surface area contributed by atoms with Gasteiger partial charge in [0.25, 0.3) is 0 Å². The van der Waals surface area contributed by atoms with Crippen LogP contribution in [-0.4, -0.2) is 0 Å². The number of rotatable bonds is 3. The number of nitrogens with one attached hydrogen (secondary N) is 1. The summed E-state index contributed by atoms with van der Waals surface area (Å²) < 4.78 is 1.98. The molecular weight excluding hydrogens is 387 g/mol. The van der Waals surface area contributed by atoms with Crippen LogP contribution in [0.25, 0.3) is 0 Å². The summed E-state index contributed by atoms with van der Waals surface area (Å²) in [7, 11) is 0. The molecule has 0 amide bonds. The summed E-state index contributed by atoms with van der Waals surface area (Å²) in [6.45, 7) is 0. The van der Waals surface area contributed by atoms with E-state index in [9.17, 15) is 0 Å². The average molecular weight is 397 g/mol. The summed E-state index contributed by atoms with van der Waals surface area (Å²) in [5.74, 6) is 5.64. The van der Waals surface area contributed by atoms with Crippen LogP contribution in [0, 0.1) is 0 Å². The van der Waals surface area contributed by atoms with Crippen molar-refractivity contribution in [2.24, 2.45) is 5.84 Å². The maximum atomic E-state index is 6.23. The fraction of sp³-hybridized carbons (Fsp3) is 0.0909. The molecule has 0 saturated heterocycles. The standard InChI is InChI=1S/C11H9Br2ClN2S/c12-6-1-2-7(10(14)3-6)11(16-15)8-4-17-5-9(8)13/h1-5,11,16H,15H2. The van der Waals surface area contributed by atoms with E-state index in [0.717, 1.165) is 20.1 Å². The van der Waals surface area contributed by atoms with Crippen molar-refractivity contribution in [3.63, 3.8) is 0 Å². The summed E-state index contributed by atoms with van der Waals surface area (Å²) in [5.41, 5.74) is 4.84. The van der Waals surface area contributed by atoms with Crippen molar-refractivity contribution in [1.82, 2.24) is 5.43 Å². The molecule has 17 heavy (non-hydrogen) atoms. The van der Waals surface area contributed by atoms with Crippen molar-refractivity contribution >= 4 is 54.8 Å². The molecule has 0 aliphatic heterocycles. The van der Waals surface area contributed by atoms with Gasteiger partial charge in [-0.15, -0.1) is 0 Å². The van der Waals surface area contributed by atoms with Crippen LogP contribution in [0.1, 0.15) is 17.2 Å². The van der Waals surface area contributed by atoms with E-state index in [-0.39, 0.29) is 6.04 Å². The highest BCUT2D eigenvalue weighted by atomic mass is 79.9. The Morgan fingerprint density at radius 1 is 1.24 bits per heavy atom. The molecule has 0 saturated carbocycles. The predicted molar refractivity (Wildman–Crippen MR) is 80.3 cm³/mol. The van der Waals surface area contributed by atoms with Crippen LogP contribution < -0.4 is 11.3 Å². The van der Waals surface area contributed by atoms with Crippen molar-refractivity contribution < 1.29 is 0 Å². The van der Waals surface area contributed by atoms with Gasteiger partial charge in [-0.25, -0.2) is 5.43 Å². The van der Waals surface area contributed by atoms with Gasteiger partial charge >= 0.3 is 0 Å². The Balaban J connectivity index is 2.46. The fourth-order valence-electron chi connectivity index (χ4n) is 1.58. The van der Waals surface area contributed by atoms with Crippen molar-refractivity contribution in [3.8, 4) is 0 Å². The zero-order chi connectivity index (χ0) is 12.4. The Labute approximate surface area is 125 Å². The van der Waals surface area contributed by atoms with Crippen molar-refractivity contribution in [3.05, 3.63) is 54.1 Å². The normalized spacial score (nSPS) is 12.7. The molecule has 0 aliphatic carbocycles. The lowest BCUT2D eigenvalue weighted by Crippen LogP contribution is -2.29. The molecule has 0 aliphatic rings. The van der Waals surface area contributed by atoms with E-state index in [2.05, 4.69) is 37.3 Å². The molecule has 6 heteroatoms. The molecule has 0 bridgehead atoms. The number of hydrogen-bond acceptors (Lipinski definition) is 3. The molecule has 0 fully saturated rings. The Hall–Kier alpha value is 0.0900. The van der Waals surface area contributed by atoms with Gasteiger partial charge < -0.3 is 0 Å². The van der Waals surface area contributed by atoms with Gasteiger partial charge in [0, 0.05) is 19.3 Å². The van der Waals surface area contributed by atoms with E-state index < -0.39 is 0 Å². The van der Waals surface area contributed by atoms with Crippen molar-refractivity contribution in [1.29, 1.82) is 0 Å². The molecule has 90 valence electrons. The molecule has 1 atom stereocenters. The minimum atomic E-state index is -0.115. The van der Waals surface area contributed by atoms with E-state index in [1.54, 1.807) is 11.3 Å². The first kappa shape index (κ1) is 13.5. The topological polar surface area (TPSA) is 38.0 Å². The molecule has 0 radical (unpaired) electrons.